The zero-order valence-corrected chi connectivity index (χ0v) is 13.3. The molecule has 3 aromatic heterocycles. The van der Waals surface area contributed by atoms with Crippen molar-refractivity contribution >= 4 is 33.9 Å². The molecule has 0 atom stereocenters. The second kappa shape index (κ2) is 5.20. The summed E-state index contributed by atoms with van der Waals surface area (Å²) < 4.78 is 12.6. The number of fused-ring (bicyclic) bond motifs is 1. The average Bonchev–Trinajstić information content (AvgIpc) is 3.03. The fourth-order valence-corrected chi connectivity index (χ4v) is 3.24. The molecular formula is C14H13ClN2O3S. The van der Waals surface area contributed by atoms with E-state index in [2.05, 4.69) is 4.98 Å². The average molecular weight is 325 g/mol. The van der Waals surface area contributed by atoms with E-state index in [1.807, 2.05) is 29.8 Å². The summed E-state index contributed by atoms with van der Waals surface area (Å²) in [5.74, 6) is 0.875. The van der Waals surface area contributed by atoms with Crippen molar-refractivity contribution in [2.75, 3.05) is 0 Å². The van der Waals surface area contributed by atoms with Crippen LogP contribution < -0.4 is 0 Å². The maximum atomic E-state index is 12.2. The SMILES string of the molecule is Cc1oc(C)c(C(=O)OCc2c(Cl)nc3sccn23)c1C. The van der Waals surface area contributed by atoms with Crippen LogP contribution in [-0.4, -0.2) is 15.4 Å². The van der Waals surface area contributed by atoms with Gasteiger partial charge in [0.2, 0.25) is 0 Å². The highest BCUT2D eigenvalue weighted by atomic mass is 35.5. The molecule has 21 heavy (non-hydrogen) atoms. The van der Waals surface area contributed by atoms with Crippen molar-refractivity contribution in [3.63, 3.8) is 0 Å². The predicted molar refractivity (Wildman–Crippen MR) is 80.1 cm³/mol. The number of thiazole rings is 1. The molecule has 0 amide bonds. The Hall–Kier alpha value is -1.79. The van der Waals surface area contributed by atoms with Crippen molar-refractivity contribution in [2.24, 2.45) is 0 Å². The summed E-state index contributed by atoms with van der Waals surface area (Å²) in [5.41, 5.74) is 1.95. The molecule has 5 nitrogen and oxygen atoms in total. The molecule has 0 unspecified atom stereocenters. The van der Waals surface area contributed by atoms with Gasteiger partial charge in [-0.1, -0.05) is 11.6 Å². The largest absolute Gasteiger partial charge is 0.465 e. The van der Waals surface area contributed by atoms with E-state index in [9.17, 15) is 4.79 Å². The molecule has 3 aromatic rings. The van der Waals surface area contributed by atoms with Crippen LogP contribution in [0.3, 0.4) is 0 Å². The molecule has 3 heterocycles. The van der Waals surface area contributed by atoms with Gasteiger partial charge in [0.1, 0.15) is 23.7 Å². The summed E-state index contributed by atoms with van der Waals surface area (Å²) in [6, 6.07) is 0. The van der Waals surface area contributed by atoms with Crippen molar-refractivity contribution in [2.45, 2.75) is 27.4 Å². The molecule has 0 saturated heterocycles. The van der Waals surface area contributed by atoms with E-state index in [0.29, 0.717) is 22.2 Å². The molecule has 3 rings (SSSR count). The zero-order chi connectivity index (χ0) is 15.1. The van der Waals surface area contributed by atoms with Crippen molar-refractivity contribution < 1.29 is 13.9 Å². The van der Waals surface area contributed by atoms with Gasteiger partial charge in [-0.25, -0.2) is 9.78 Å². The van der Waals surface area contributed by atoms with Crippen molar-refractivity contribution in [1.82, 2.24) is 9.38 Å². The molecule has 0 bridgehead atoms. The fraction of sp³-hybridized carbons (Fsp3) is 0.286. The number of ether oxygens (including phenoxy) is 1. The standard InChI is InChI=1S/C14H13ClN2O3S/c1-7-8(2)20-9(3)11(7)13(18)19-6-10-12(15)16-14-17(10)4-5-21-14/h4-5H,6H2,1-3H3. The van der Waals surface area contributed by atoms with Gasteiger partial charge in [0.25, 0.3) is 0 Å². The molecule has 0 N–H and O–H groups in total. The van der Waals surface area contributed by atoms with Gasteiger partial charge >= 0.3 is 5.97 Å². The second-order valence-electron chi connectivity index (χ2n) is 4.70. The van der Waals surface area contributed by atoms with Gasteiger partial charge in [0, 0.05) is 17.1 Å². The Morgan fingerprint density at radius 2 is 2.19 bits per heavy atom. The van der Waals surface area contributed by atoms with Crippen molar-refractivity contribution in [3.05, 3.63) is 45.1 Å². The Kier molecular flexibility index (Phi) is 3.51. The number of furan rings is 1. The van der Waals surface area contributed by atoms with Crippen LogP contribution in [0.5, 0.6) is 0 Å². The number of rotatable bonds is 3. The van der Waals surface area contributed by atoms with Gasteiger partial charge in [0.05, 0.1) is 5.69 Å². The van der Waals surface area contributed by atoms with Crippen molar-refractivity contribution in [1.29, 1.82) is 0 Å². The first-order valence-corrected chi connectivity index (χ1v) is 7.58. The molecule has 0 aliphatic rings. The van der Waals surface area contributed by atoms with Gasteiger partial charge in [-0.05, 0) is 20.8 Å². The molecule has 0 aliphatic heterocycles. The van der Waals surface area contributed by atoms with Crippen LogP contribution in [-0.2, 0) is 11.3 Å². The summed E-state index contributed by atoms with van der Waals surface area (Å²) in [6.45, 7) is 5.48. The smallest absolute Gasteiger partial charge is 0.342 e. The van der Waals surface area contributed by atoms with Gasteiger partial charge in [-0.2, -0.15) is 0 Å². The van der Waals surface area contributed by atoms with Crippen LogP contribution in [0.25, 0.3) is 4.96 Å². The number of hydrogen-bond donors (Lipinski definition) is 0. The summed E-state index contributed by atoms with van der Waals surface area (Å²) in [4.78, 5) is 17.2. The molecule has 0 aromatic carbocycles. The lowest BCUT2D eigenvalue weighted by molar-refractivity contribution is 0.0464. The Bertz CT molecular complexity index is 831. The third-order valence-electron chi connectivity index (χ3n) is 3.42. The quantitative estimate of drug-likeness (QED) is 0.685. The summed E-state index contributed by atoms with van der Waals surface area (Å²) in [6.07, 6.45) is 1.85. The van der Waals surface area contributed by atoms with E-state index >= 15 is 0 Å². The minimum absolute atomic E-state index is 0.0681. The topological polar surface area (TPSA) is 56.7 Å². The summed E-state index contributed by atoms with van der Waals surface area (Å²) >= 11 is 7.54. The van der Waals surface area contributed by atoms with Crippen LogP contribution >= 0.6 is 22.9 Å². The van der Waals surface area contributed by atoms with Crippen LogP contribution in [0.15, 0.2) is 16.0 Å². The second-order valence-corrected chi connectivity index (χ2v) is 5.93. The molecule has 0 saturated carbocycles. The zero-order valence-electron chi connectivity index (χ0n) is 11.8. The maximum absolute atomic E-state index is 12.2. The Morgan fingerprint density at radius 1 is 1.43 bits per heavy atom. The number of nitrogens with zero attached hydrogens (tertiary/aromatic N) is 2. The van der Waals surface area contributed by atoms with E-state index in [0.717, 1.165) is 16.3 Å². The predicted octanol–water partition coefficient (Wildman–Crippen LogP) is 3.92. The molecule has 0 aliphatic carbocycles. The maximum Gasteiger partial charge on any atom is 0.342 e. The Balaban J connectivity index is 1.83. The molecule has 0 fully saturated rings. The number of aromatic nitrogens is 2. The van der Waals surface area contributed by atoms with E-state index in [1.54, 1.807) is 6.92 Å². The van der Waals surface area contributed by atoms with Crippen LogP contribution in [0.4, 0.5) is 0 Å². The van der Waals surface area contributed by atoms with E-state index < -0.39 is 5.97 Å². The first kappa shape index (κ1) is 14.2. The molecule has 7 heteroatoms. The fourth-order valence-electron chi connectivity index (χ4n) is 2.24. The van der Waals surface area contributed by atoms with Crippen molar-refractivity contribution in [3.8, 4) is 0 Å². The first-order valence-electron chi connectivity index (χ1n) is 6.32. The van der Waals surface area contributed by atoms with Gasteiger partial charge in [-0.15, -0.1) is 11.3 Å². The number of carbonyl (C=O) groups is 1. The third kappa shape index (κ3) is 2.34. The Labute approximate surface area is 130 Å². The van der Waals surface area contributed by atoms with Gasteiger partial charge < -0.3 is 9.15 Å². The summed E-state index contributed by atoms with van der Waals surface area (Å²) in [7, 11) is 0. The van der Waals surface area contributed by atoms with E-state index in [4.69, 9.17) is 20.8 Å². The number of aryl methyl sites for hydroxylation is 2. The lowest BCUT2D eigenvalue weighted by atomic mass is 10.1. The number of carbonyl (C=O) groups excluding carboxylic acids is 1. The lowest BCUT2D eigenvalue weighted by Gasteiger charge is -2.04. The highest BCUT2D eigenvalue weighted by Crippen LogP contribution is 2.24. The number of halogens is 1. The van der Waals surface area contributed by atoms with Gasteiger partial charge in [0.15, 0.2) is 10.1 Å². The molecular weight excluding hydrogens is 312 g/mol. The lowest BCUT2D eigenvalue weighted by Crippen LogP contribution is -2.08. The number of imidazole rings is 1. The monoisotopic (exact) mass is 324 g/mol. The molecule has 0 radical (unpaired) electrons. The minimum atomic E-state index is -0.414. The molecule has 110 valence electrons. The first-order chi connectivity index (χ1) is 9.99. The normalized spacial score (nSPS) is 11.2. The van der Waals surface area contributed by atoms with E-state index in [-0.39, 0.29) is 6.61 Å². The van der Waals surface area contributed by atoms with E-state index in [1.165, 1.54) is 11.3 Å². The number of esters is 1. The van der Waals surface area contributed by atoms with Gasteiger partial charge in [-0.3, -0.25) is 4.40 Å². The highest BCUT2D eigenvalue weighted by molar-refractivity contribution is 7.15. The molecule has 0 spiro atoms. The third-order valence-corrected chi connectivity index (χ3v) is 4.48. The number of hydrogen-bond acceptors (Lipinski definition) is 5. The Morgan fingerprint density at radius 3 is 2.86 bits per heavy atom. The van der Waals surface area contributed by atoms with Crippen LogP contribution in [0.2, 0.25) is 5.15 Å². The van der Waals surface area contributed by atoms with Crippen LogP contribution in [0.1, 0.15) is 33.1 Å². The highest BCUT2D eigenvalue weighted by Gasteiger charge is 2.21. The minimum Gasteiger partial charge on any atom is -0.465 e. The van der Waals surface area contributed by atoms with Crippen LogP contribution in [0, 0.1) is 20.8 Å². The summed E-state index contributed by atoms with van der Waals surface area (Å²) in [5, 5.41) is 2.25.